The van der Waals surface area contributed by atoms with Gasteiger partial charge in [-0.25, -0.2) is 4.39 Å². The topological polar surface area (TPSA) is 123 Å². The van der Waals surface area contributed by atoms with Crippen molar-refractivity contribution in [3.05, 3.63) is 84.2 Å². The molecule has 44 heavy (non-hydrogen) atoms. The first-order chi connectivity index (χ1) is 21.5. The molecule has 0 atom stereocenters. The Labute approximate surface area is 254 Å². The van der Waals surface area contributed by atoms with Crippen molar-refractivity contribution in [2.24, 2.45) is 0 Å². The first kappa shape index (κ1) is 30.2. The van der Waals surface area contributed by atoms with Crippen LogP contribution in [0.1, 0.15) is 35.8 Å². The van der Waals surface area contributed by atoms with Gasteiger partial charge in [0.15, 0.2) is 12.1 Å². The van der Waals surface area contributed by atoms with Gasteiger partial charge in [-0.05, 0) is 42.7 Å². The quantitative estimate of drug-likeness (QED) is 0.228. The van der Waals surface area contributed by atoms with Crippen LogP contribution < -0.4 is 10.1 Å². The molecule has 0 aliphatic carbocycles. The molecule has 0 bridgehead atoms. The van der Waals surface area contributed by atoms with Gasteiger partial charge in [0.25, 0.3) is 0 Å². The van der Waals surface area contributed by atoms with Gasteiger partial charge in [0.05, 0.1) is 37.3 Å². The van der Waals surface area contributed by atoms with E-state index in [4.69, 9.17) is 4.74 Å². The average molecular weight is 599 g/mol. The van der Waals surface area contributed by atoms with Crippen molar-refractivity contribution < 1.29 is 18.7 Å². The van der Waals surface area contributed by atoms with Crippen LogP contribution in [0, 0.1) is 5.82 Å². The summed E-state index contributed by atoms with van der Waals surface area (Å²) in [5.74, 6) is 1.23. The van der Waals surface area contributed by atoms with Gasteiger partial charge in [0.1, 0.15) is 11.6 Å². The minimum Gasteiger partial charge on any atom is -0.496 e. The van der Waals surface area contributed by atoms with Crippen LogP contribution in [0.15, 0.2) is 67.1 Å². The third-order valence-electron chi connectivity index (χ3n) is 7.55. The number of para-hydroxylation sites is 1. The molecule has 2 aromatic carbocycles. The molecule has 228 valence electrons. The van der Waals surface area contributed by atoms with Crippen molar-refractivity contribution >= 4 is 34.5 Å². The van der Waals surface area contributed by atoms with E-state index in [-0.39, 0.29) is 23.5 Å². The van der Waals surface area contributed by atoms with Crippen molar-refractivity contribution in [2.75, 3.05) is 32.6 Å². The van der Waals surface area contributed by atoms with Crippen molar-refractivity contribution in [2.45, 2.75) is 32.9 Å². The average Bonchev–Trinajstić information content (AvgIpc) is 3.85. The maximum absolute atomic E-state index is 15.8. The molecule has 0 radical (unpaired) electrons. The highest BCUT2D eigenvalue weighted by molar-refractivity contribution is 6.02. The third kappa shape index (κ3) is 6.38. The number of nitrogens with one attached hydrogen (secondary N) is 2. The lowest BCUT2D eigenvalue weighted by Gasteiger charge is -2.28. The third-order valence-corrected chi connectivity index (χ3v) is 7.55. The van der Waals surface area contributed by atoms with Crippen LogP contribution in [0.4, 0.5) is 10.2 Å². The number of amides is 1. The van der Waals surface area contributed by atoms with Gasteiger partial charge >= 0.3 is 0 Å². The number of halogens is 1. The number of nitrogens with zero attached hydrogens (tertiary/aromatic N) is 6. The van der Waals surface area contributed by atoms with E-state index in [9.17, 15) is 9.59 Å². The summed E-state index contributed by atoms with van der Waals surface area (Å²) in [5, 5.41) is 15.3. The normalized spacial score (nSPS) is 12.8. The van der Waals surface area contributed by atoms with Crippen LogP contribution in [0.2, 0.25) is 0 Å². The number of H-pyrrole nitrogens is 1. The highest BCUT2D eigenvalue weighted by Crippen LogP contribution is 2.39. The first-order valence-corrected chi connectivity index (χ1v) is 14.4. The summed E-state index contributed by atoms with van der Waals surface area (Å²) in [6, 6.07) is 12.9. The zero-order valence-corrected chi connectivity index (χ0v) is 25.0. The zero-order chi connectivity index (χ0) is 31.1. The number of anilines is 1. The molecule has 0 saturated heterocycles. The Bertz CT molecular complexity index is 1750. The van der Waals surface area contributed by atoms with Crippen LogP contribution in [-0.4, -0.2) is 74.1 Å². The van der Waals surface area contributed by atoms with Crippen molar-refractivity contribution in [1.29, 1.82) is 0 Å². The Balaban J connectivity index is 0.000000367. The van der Waals surface area contributed by atoms with Gasteiger partial charge in [-0.15, -0.1) is 5.10 Å². The molecular weight excluding hydrogens is 563 g/mol. The second-order valence-electron chi connectivity index (χ2n) is 10.1. The zero-order valence-electron chi connectivity index (χ0n) is 25.0. The number of hydrogen-bond acceptors (Lipinski definition) is 7. The van der Waals surface area contributed by atoms with E-state index in [2.05, 4.69) is 32.6 Å². The minimum absolute atomic E-state index is 0.0272. The Morgan fingerprint density at radius 3 is 2.70 bits per heavy atom. The number of rotatable bonds is 9. The summed E-state index contributed by atoms with van der Waals surface area (Å²) in [5.41, 5.74) is 3.19. The first-order valence-electron chi connectivity index (χ1n) is 14.4. The van der Waals surface area contributed by atoms with Crippen LogP contribution in [0.3, 0.4) is 0 Å². The molecule has 2 N–H and O–H groups in total. The number of benzene rings is 2. The SMILES string of the molecule is CCn1nccc1NC.COc1ccccc1-c1cc(C2=CCCN(C(=O)CCn3ccnn3)C2)c(F)c2[nH]c(C=O)cc12. The van der Waals surface area contributed by atoms with Crippen LogP contribution >= 0.6 is 0 Å². The maximum Gasteiger partial charge on any atom is 0.224 e. The largest absolute Gasteiger partial charge is 0.496 e. The molecule has 0 unspecified atom stereocenters. The number of methoxy groups -OCH3 is 1. The van der Waals surface area contributed by atoms with E-state index in [0.717, 1.165) is 29.1 Å². The number of aromatic nitrogens is 6. The maximum atomic E-state index is 15.8. The van der Waals surface area contributed by atoms with Crippen LogP contribution in [0.25, 0.3) is 27.6 Å². The number of aryl methyl sites for hydroxylation is 2. The molecule has 0 saturated carbocycles. The fourth-order valence-electron chi connectivity index (χ4n) is 5.34. The summed E-state index contributed by atoms with van der Waals surface area (Å²) in [4.78, 5) is 29.0. The summed E-state index contributed by atoms with van der Waals surface area (Å²) in [7, 11) is 3.48. The summed E-state index contributed by atoms with van der Waals surface area (Å²) < 4.78 is 24.9. The van der Waals surface area contributed by atoms with Crippen molar-refractivity contribution in [3.8, 4) is 16.9 Å². The molecule has 3 aromatic heterocycles. The van der Waals surface area contributed by atoms with Gasteiger partial charge in [-0.2, -0.15) is 5.10 Å². The molecule has 12 heteroatoms. The standard InChI is InChI=1S/C26H24FN5O3.C6H11N3/c1-35-23-7-3-2-6-19(23)21-14-20(25(27)26-22(21)13-18(16-33)29-26)17-5-4-10-31(15-17)24(34)8-11-32-12-9-28-30-32;1-3-9-6(7-2)4-5-8-9/h2-3,5-7,9,12-14,16,29H,4,8,10-11,15H2,1H3;4-5,7H,3H2,1-2H3. The highest BCUT2D eigenvalue weighted by Gasteiger charge is 2.24. The van der Waals surface area contributed by atoms with Gasteiger partial charge in [-0.1, -0.05) is 29.5 Å². The van der Waals surface area contributed by atoms with E-state index in [0.29, 0.717) is 49.0 Å². The van der Waals surface area contributed by atoms with E-state index in [1.54, 1.807) is 47.4 Å². The predicted octanol–water partition coefficient (Wildman–Crippen LogP) is 5.04. The number of ether oxygens (including phenoxy) is 1. The smallest absolute Gasteiger partial charge is 0.224 e. The molecule has 1 aliphatic rings. The Morgan fingerprint density at radius 1 is 1.16 bits per heavy atom. The fraction of sp³-hybridized carbons (Fsp3) is 0.281. The lowest BCUT2D eigenvalue weighted by atomic mass is 9.93. The lowest BCUT2D eigenvalue weighted by molar-refractivity contribution is -0.131. The molecule has 11 nitrogen and oxygen atoms in total. The number of hydrogen-bond donors (Lipinski definition) is 2. The van der Waals surface area contributed by atoms with Gasteiger partial charge in [-0.3, -0.25) is 19.0 Å². The predicted molar refractivity (Wildman–Crippen MR) is 167 cm³/mol. The second-order valence-corrected chi connectivity index (χ2v) is 10.1. The van der Waals surface area contributed by atoms with E-state index in [1.807, 2.05) is 48.1 Å². The summed E-state index contributed by atoms with van der Waals surface area (Å²) >= 11 is 0. The molecule has 1 aliphatic heterocycles. The Kier molecular flexibility index (Phi) is 9.48. The van der Waals surface area contributed by atoms with Crippen LogP contribution in [-0.2, 0) is 17.9 Å². The van der Waals surface area contributed by atoms with Crippen LogP contribution in [0.5, 0.6) is 5.75 Å². The summed E-state index contributed by atoms with van der Waals surface area (Å²) in [6.45, 7) is 4.28. The highest BCUT2D eigenvalue weighted by atomic mass is 19.1. The molecule has 1 amide bonds. The Hall–Kier alpha value is -5.26. The van der Waals surface area contributed by atoms with Gasteiger partial charge < -0.3 is 19.9 Å². The number of aromatic amines is 1. The van der Waals surface area contributed by atoms with Gasteiger partial charge in [0.2, 0.25) is 5.91 Å². The fourth-order valence-corrected chi connectivity index (χ4v) is 5.34. The van der Waals surface area contributed by atoms with E-state index >= 15 is 4.39 Å². The number of aldehydes is 1. The molecule has 6 rings (SSSR count). The van der Waals surface area contributed by atoms with E-state index in [1.165, 1.54) is 0 Å². The molecule has 5 aromatic rings. The van der Waals surface area contributed by atoms with E-state index < -0.39 is 5.82 Å². The minimum atomic E-state index is -0.449. The number of carbonyl (C=O) groups excluding carboxylic acids is 2. The Morgan fingerprint density at radius 2 is 2.00 bits per heavy atom. The van der Waals surface area contributed by atoms with Gasteiger partial charge in [0, 0.05) is 61.9 Å². The molecule has 4 heterocycles. The lowest BCUT2D eigenvalue weighted by Crippen LogP contribution is -2.36. The number of carbonyl (C=O) groups is 2. The monoisotopic (exact) mass is 598 g/mol. The van der Waals surface area contributed by atoms with Crippen molar-refractivity contribution in [3.63, 3.8) is 0 Å². The summed E-state index contributed by atoms with van der Waals surface area (Å²) in [6.07, 6.45) is 8.61. The molecule has 0 spiro atoms. The van der Waals surface area contributed by atoms with Crippen molar-refractivity contribution in [1.82, 2.24) is 34.7 Å². The second kappa shape index (κ2) is 13.8. The number of fused-ring (bicyclic) bond motifs is 1. The molecule has 0 fully saturated rings. The molecular formula is C32H35FN8O3.